The summed E-state index contributed by atoms with van der Waals surface area (Å²) in [5.74, 6) is -0.584. The van der Waals surface area contributed by atoms with Gasteiger partial charge >= 0.3 is 5.97 Å². The standard InChI is InChI=1S/C24H28N4O4/c1-4-32-24(31)18-9-8-12-26(14-18)21(29)15-27-16(2)20-13-25-28(19-10-6-5-7-11-19)23(30)22(20)17(27)3/h5-7,10-11,13,18H,4,8-9,12,14-15H2,1-3H3. The van der Waals surface area contributed by atoms with Crippen LogP contribution in [0.2, 0.25) is 0 Å². The van der Waals surface area contributed by atoms with Crippen LogP contribution < -0.4 is 5.56 Å². The lowest BCUT2D eigenvalue weighted by Gasteiger charge is -2.32. The molecule has 0 spiro atoms. The molecule has 1 saturated heterocycles. The molecule has 1 aliphatic rings. The second-order valence-corrected chi connectivity index (χ2v) is 8.17. The Balaban J connectivity index is 1.62. The minimum Gasteiger partial charge on any atom is -0.466 e. The molecule has 0 radical (unpaired) electrons. The number of ether oxygens (including phenoxy) is 1. The van der Waals surface area contributed by atoms with Gasteiger partial charge in [0.2, 0.25) is 5.91 Å². The first-order valence-corrected chi connectivity index (χ1v) is 11.0. The smallest absolute Gasteiger partial charge is 0.310 e. The molecule has 1 fully saturated rings. The van der Waals surface area contributed by atoms with E-state index in [1.54, 1.807) is 18.0 Å². The van der Waals surface area contributed by atoms with Gasteiger partial charge in [-0.3, -0.25) is 14.4 Å². The van der Waals surface area contributed by atoms with Crippen LogP contribution >= 0.6 is 0 Å². The summed E-state index contributed by atoms with van der Waals surface area (Å²) >= 11 is 0. The third-order valence-corrected chi connectivity index (χ3v) is 6.23. The van der Waals surface area contributed by atoms with Crippen LogP contribution in [-0.2, 0) is 20.9 Å². The topological polar surface area (TPSA) is 86.4 Å². The van der Waals surface area contributed by atoms with E-state index in [-0.39, 0.29) is 29.9 Å². The average Bonchev–Trinajstić information content (AvgIpc) is 3.05. The van der Waals surface area contributed by atoms with Crippen molar-refractivity contribution >= 4 is 22.6 Å². The highest BCUT2D eigenvalue weighted by Gasteiger charge is 2.30. The van der Waals surface area contributed by atoms with Crippen LogP contribution in [0.4, 0.5) is 0 Å². The number of amides is 1. The third kappa shape index (κ3) is 3.92. The van der Waals surface area contributed by atoms with Crippen molar-refractivity contribution in [2.24, 2.45) is 5.92 Å². The molecule has 1 aliphatic heterocycles. The Morgan fingerprint density at radius 2 is 1.91 bits per heavy atom. The summed E-state index contributed by atoms with van der Waals surface area (Å²) < 4.78 is 8.40. The first kappa shape index (κ1) is 21.8. The normalized spacial score (nSPS) is 16.3. The fourth-order valence-corrected chi connectivity index (χ4v) is 4.49. The number of aryl methyl sites for hydroxylation is 2. The zero-order valence-corrected chi connectivity index (χ0v) is 18.7. The van der Waals surface area contributed by atoms with Gasteiger partial charge in [-0.15, -0.1) is 0 Å². The van der Waals surface area contributed by atoms with E-state index in [4.69, 9.17) is 4.74 Å². The molecule has 0 saturated carbocycles. The molecule has 1 aromatic carbocycles. The number of hydrogen-bond acceptors (Lipinski definition) is 5. The van der Waals surface area contributed by atoms with Gasteiger partial charge in [0.05, 0.1) is 29.8 Å². The number of hydrogen-bond donors (Lipinski definition) is 0. The SMILES string of the molecule is CCOC(=O)C1CCCN(C(=O)Cn2c(C)c3cnn(-c4ccccc4)c(=O)c3c2C)C1. The zero-order chi connectivity index (χ0) is 22.8. The van der Waals surface area contributed by atoms with E-state index in [1.165, 1.54) is 4.68 Å². The van der Waals surface area contributed by atoms with Gasteiger partial charge in [-0.05, 0) is 45.7 Å². The van der Waals surface area contributed by atoms with Crippen molar-refractivity contribution in [1.29, 1.82) is 0 Å². The summed E-state index contributed by atoms with van der Waals surface area (Å²) in [6.45, 7) is 6.99. The molecule has 3 heterocycles. The fourth-order valence-electron chi connectivity index (χ4n) is 4.49. The highest BCUT2D eigenvalue weighted by molar-refractivity contribution is 5.88. The van der Waals surface area contributed by atoms with Crippen LogP contribution in [0.5, 0.6) is 0 Å². The van der Waals surface area contributed by atoms with E-state index in [2.05, 4.69) is 5.10 Å². The van der Waals surface area contributed by atoms with Gasteiger partial charge in [-0.25, -0.2) is 0 Å². The molecular formula is C24H28N4O4. The Morgan fingerprint density at radius 1 is 1.16 bits per heavy atom. The molecule has 8 nitrogen and oxygen atoms in total. The lowest BCUT2D eigenvalue weighted by Crippen LogP contribution is -2.44. The Labute approximate surface area is 186 Å². The first-order valence-electron chi connectivity index (χ1n) is 11.0. The second-order valence-electron chi connectivity index (χ2n) is 8.17. The van der Waals surface area contributed by atoms with Crippen LogP contribution in [0.1, 0.15) is 31.2 Å². The van der Waals surface area contributed by atoms with Crippen LogP contribution in [0.15, 0.2) is 41.3 Å². The third-order valence-electron chi connectivity index (χ3n) is 6.23. The summed E-state index contributed by atoms with van der Waals surface area (Å²) in [5, 5.41) is 5.66. The van der Waals surface area contributed by atoms with Gasteiger partial charge in [0.1, 0.15) is 6.54 Å². The quantitative estimate of drug-likeness (QED) is 0.574. The molecule has 1 unspecified atom stereocenters. The molecule has 2 aromatic heterocycles. The number of nitrogens with zero attached hydrogens (tertiary/aromatic N) is 4. The van der Waals surface area contributed by atoms with E-state index in [0.29, 0.717) is 30.8 Å². The zero-order valence-electron chi connectivity index (χ0n) is 18.7. The summed E-state index contributed by atoms with van der Waals surface area (Å²) in [6, 6.07) is 9.27. The van der Waals surface area contributed by atoms with Crippen LogP contribution in [0, 0.1) is 19.8 Å². The molecule has 0 aliphatic carbocycles. The van der Waals surface area contributed by atoms with E-state index in [9.17, 15) is 14.4 Å². The van der Waals surface area contributed by atoms with Gasteiger partial charge in [0.25, 0.3) is 5.56 Å². The second kappa shape index (κ2) is 8.98. The van der Waals surface area contributed by atoms with Crippen LogP contribution in [0.25, 0.3) is 16.5 Å². The number of para-hydroxylation sites is 1. The van der Waals surface area contributed by atoms with Crippen molar-refractivity contribution in [2.75, 3.05) is 19.7 Å². The highest BCUT2D eigenvalue weighted by atomic mass is 16.5. The summed E-state index contributed by atoms with van der Waals surface area (Å²) in [7, 11) is 0. The predicted molar refractivity (Wildman–Crippen MR) is 121 cm³/mol. The van der Waals surface area contributed by atoms with E-state index in [0.717, 1.165) is 29.6 Å². The maximum Gasteiger partial charge on any atom is 0.310 e. The van der Waals surface area contributed by atoms with Crippen molar-refractivity contribution in [1.82, 2.24) is 19.2 Å². The van der Waals surface area contributed by atoms with Gasteiger partial charge in [0.15, 0.2) is 0 Å². The molecular weight excluding hydrogens is 408 g/mol. The fraction of sp³-hybridized carbons (Fsp3) is 0.417. The van der Waals surface area contributed by atoms with Crippen molar-refractivity contribution in [3.8, 4) is 5.69 Å². The van der Waals surface area contributed by atoms with E-state index in [1.807, 2.05) is 48.7 Å². The number of fused-ring (bicyclic) bond motifs is 1. The molecule has 0 N–H and O–H groups in total. The van der Waals surface area contributed by atoms with E-state index < -0.39 is 0 Å². The van der Waals surface area contributed by atoms with Crippen molar-refractivity contribution < 1.29 is 14.3 Å². The first-order chi connectivity index (χ1) is 15.4. The average molecular weight is 437 g/mol. The van der Waals surface area contributed by atoms with Crippen LogP contribution in [0.3, 0.4) is 0 Å². The molecule has 8 heteroatoms. The summed E-state index contributed by atoms with van der Waals surface area (Å²) in [4.78, 5) is 40.2. The molecule has 0 bridgehead atoms. The molecule has 1 atom stereocenters. The number of piperidine rings is 1. The molecule has 1 amide bonds. The Hall–Kier alpha value is -3.42. The maximum atomic E-state index is 13.2. The van der Waals surface area contributed by atoms with Crippen molar-refractivity contribution in [3.05, 3.63) is 58.3 Å². The molecule has 3 aromatic rings. The molecule has 32 heavy (non-hydrogen) atoms. The number of likely N-dealkylation sites (tertiary alicyclic amines) is 1. The Bertz CT molecular complexity index is 1210. The van der Waals surface area contributed by atoms with Gasteiger partial charge in [-0.2, -0.15) is 9.78 Å². The number of aromatic nitrogens is 3. The van der Waals surface area contributed by atoms with E-state index >= 15 is 0 Å². The number of carbonyl (C=O) groups is 2. The largest absolute Gasteiger partial charge is 0.466 e. The number of benzene rings is 1. The van der Waals surface area contributed by atoms with Gasteiger partial charge < -0.3 is 14.2 Å². The molecule has 4 rings (SSSR count). The Morgan fingerprint density at radius 3 is 2.62 bits per heavy atom. The van der Waals surface area contributed by atoms with Crippen LogP contribution in [-0.4, -0.2) is 50.8 Å². The Kier molecular flexibility index (Phi) is 6.12. The lowest BCUT2D eigenvalue weighted by atomic mass is 9.98. The van der Waals surface area contributed by atoms with Crippen molar-refractivity contribution in [3.63, 3.8) is 0 Å². The van der Waals surface area contributed by atoms with Crippen molar-refractivity contribution in [2.45, 2.75) is 40.2 Å². The monoisotopic (exact) mass is 436 g/mol. The lowest BCUT2D eigenvalue weighted by molar-refractivity contribution is -0.151. The maximum absolute atomic E-state index is 13.2. The molecule has 168 valence electrons. The number of carbonyl (C=O) groups excluding carboxylic acids is 2. The minimum absolute atomic E-state index is 0.0677. The minimum atomic E-state index is -0.277. The predicted octanol–water partition coefficient (Wildman–Crippen LogP) is 2.61. The summed E-state index contributed by atoms with van der Waals surface area (Å²) in [5.41, 5.74) is 2.05. The number of rotatable bonds is 5. The highest BCUT2D eigenvalue weighted by Crippen LogP contribution is 2.24. The number of esters is 1. The van der Waals surface area contributed by atoms with Gasteiger partial charge in [0, 0.05) is 29.9 Å². The van der Waals surface area contributed by atoms with Gasteiger partial charge in [-0.1, -0.05) is 18.2 Å². The summed E-state index contributed by atoms with van der Waals surface area (Å²) in [6.07, 6.45) is 3.19.